The van der Waals surface area contributed by atoms with Crippen LogP contribution in [0.1, 0.15) is 30.9 Å². The number of nitrogens with zero attached hydrogens (tertiary/aromatic N) is 6. The van der Waals surface area contributed by atoms with Crippen molar-refractivity contribution in [3.63, 3.8) is 0 Å². The van der Waals surface area contributed by atoms with Crippen LogP contribution in [0.5, 0.6) is 0 Å². The number of pyridine rings is 1. The van der Waals surface area contributed by atoms with Crippen molar-refractivity contribution in [2.75, 3.05) is 61.5 Å². The summed E-state index contributed by atoms with van der Waals surface area (Å²) >= 11 is 0. The van der Waals surface area contributed by atoms with E-state index in [9.17, 15) is 9.18 Å². The van der Waals surface area contributed by atoms with Gasteiger partial charge < -0.3 is 20.4 Å². The summed E-state index contributed by atoms with van der Waals surface area (Å²) in [4.78, 5) is 28.0. The van der Waals surface area contributed by atoms with Gasteiger partial charge in [0.05, 0.1) is 25.0 Å². The van der Waals surface area contributed by atoms with Crippen LogP contribution >= 0.6 is 0 Å². The summed E-state index contributed by atoms with van der Waals surface area (Å²) in [6.07, 6.45) is 6.25. The number of morpholine rings is 1. The van der Waals surface area contributed by atoms with E-state index in [0.717, 1.165) is 29.5 Å². The molecule has 3 aliphatic heterocycles. The van der Waals surface area contributed by atoms with Crippen molar-refractivity contribution in [2.45, 2.75) is 31.4 Å². The van der Waals surface area contributed by atoms with Crippen LogP contribution in [0.25, 0.3) is 11.3 Å². The fourth-order valence-corrected chi connectivity index (χ4v) is 5.74. The van der Waals surface area contributed by atoms with Gasteiger partial charge in [0, 0.05) is 49.2 Å². The Morgan fingerprint density at radius 1 is 1.00 bits per heavy atom. The van der Waals surface area contributed by atoms with Gasteiger partial charge in [-0.25, -0.2) is 9.37 Å². The maximum atomic E-state index is 14.3. The summed E-state index contributed by atoms with van der Waals surface area (Å²) in [5.74, 6) is 5.82. The SMILES string of the molecule is Nn1c(N2CCO[C@@H](c3ccc(N4CC[C@H](N5CCCC5)C4)cc3)C2)nc(-c2ccncc2F)cc1=O. The largest absolute Gasteiger partial charge is 0.370 e. The molecule has 0 saturated carbocycles. The van der Waals surface area contributed by atoms with Crippen LogP contribution in [-0.4, -0.2) is 71.5 Å². The first-order valence-corrected chi connectivity index (χ1v) is 13.0. The zero-order valence-corrected chi connectivity index (χ0v) is 20.8. The molecule has 0 radical (unpaired) electrons. The standard InChI is InChI=1S/C27H32FN7O2/c28-23-16-30-9-7-22(23)24-15-26(36)35(29)27(31-24)34-13-14-37-25(18-34)19-3-5-20(6-4-19)33-12-8-21(17-33)32-10-1-2-11-32/h3-7,9,15-16,21,25H,1-2,8,10-14,17-18,29H2/t21-,25+/m0/s1. The van der Waals surface area contributed by atoms with Crippen LogP contribution in [0.15, 0.2) is 53.6 Å². The molecule has 0 amide bonds. The van der Waals surface area contributed by atoms with Gasteiger partial charge in [-0.3, -0.25) is 14.7 Å². The lowest BCUT2D eigenvalue weighted by Crippen LogP contribution is -2.43. The molecular formula is C27H32FN7O2. The third-order valence-corrected chi connectivity index (χ3v) is 7.78. The maximum absolute atomic E-state index is 14.3. The van der Waals surface area contributed by atoms with Gasteiger partial charge in [0.1, 0.15) is 6.10 Å². The summed E-state index contributed by atoms with van der Waals surface area (Å²) in [7, 11) is 0. The van der Waals surface area contributed by atoms with Gasteiger partial charge in [-0.1, -0.05) is 12.1 Å². The molecule has 9 nitrogen and oxygen atoms in total. The van der Waals surface area contributed by atoms with Gasteiger partial charge in [-0.2, -0.15) is 4.68 Å². The fraction of sp³-hybridized carbons (Fsp3) is 0.444. The molecular weight excluding hydrogens is 473 g/mol. The Hall–Kier alpha value is -3.50. The molecule has 3 aliphatic rings. The molecule has 2 atom stereocenters. The van der Waals surface area contributed by atoms with E-state index in [0.29, 0.717) is 25.7 Å². The molecule has 3 saturated heterocycles. The van der Waals surface area contributed by atoms with E-state index in [1.165, 1.54) is 56.4 Å². The minimum absolute atomic E-state index is 0.197. The zero-order valence-electron chi connectivity index (χ0n) is 20.8. The number of hydrogen-bond donors (Lipinski definition) is 1. The van der Waals surface area contributed by atoms with E-state index in [-0.39, 0.29) is 23.3 Å². The highest BCUT2D eigenvalue weighted by Crippen LogP contribution is 2.30. The molecule has 2 N–H and O–H groups in total. The average Bonchev–Trinajstić information content (AvgIpc) is 3.63. The average molecular weight is 506 g/mol. The summed E-state index contributed by atoms with van der Waals surface area (Å²) < 4.78 is 21.4. The molecule has 3 aromatic rings. The molecule has 10 heteroatoms. The molecule has 37 heavy (non-hydrogen) atoms. The number of rotatable bonds is 5. The van der Waals surface area contributed by atoms with Crippen molar-refractivity contribution in [2.24, 2.45) is 0 Å². The Bertz CT molecular complexity index is 1310. The predicted molar refractivity (Wildman–Crippen MR) is 141 cm³/mol. The van der Waals surface area contributed by atoms with Crippen molar-refractivity contribution in [3.05, 3.63) is 70.5 Å². The third kappa shape index (κ3) is 4.78. The van der Waals surface area contributed by atoms with E-state index < -0.39 is 11.4 Å². The van der Waals surface area contributed by atoms with Gasteiger partial charge in [0.2, 0.25) is 5.95 Å². The van der Waals surface area contributed by atoms with E-state index in [1.54, 1.807) is 0 Å². The lowest BCUT2D eigenvalue weighted by molar-refractivity contribution is 0.0390. The highest BCUT2D eigenvalue weighted by atomic mass is 19.1. The highest BCUT2D eigenvalue weighted by Gasteiger charge is 2.30. The Kier molecular flexibility index (Phi) is 6.52. The van der Waals surface area contributed by atoms with Crippen molar-refractivity contribution >= 4 is 11.6 Å². The van der Waals surface area contributed by atoms with Gasteiger partial charge in [-0.15, -0.1) is 0 Å². The third-order valence-electron chi connectivity index (χ3n) is 7.78. The molecule has 0 aliphatic carbocycles. The number of benzene rings is 1. The van der Waals surface area contributed by atoms with Crippen molar-refractivity contribution in [3.8, 4) is 11.3 Å². The van der Waals surface area contributed by atoms with Crippen molar-refractivity contribution < 1.29 is 9.13 Å². The topological polar surface area (TPSA) is 92.8 Å². The van der Waals surface area contributed by atoms with Crippen LogP contribution in [0.2, 0.25) is 0 Å². The van der Waals surface area contributed by atoms with Crippen LogP contribution in [0.3, 0.4) is 0 Å². The molecule has 2 aromatic heterocycles. The second-order valence-corrected chi connectivity index (χ2v) is 10.0. The number of nitrogen functional groups attached to an aromatic ring is 1. The Morgan fingerprint density at radius 2 is 1.81 bits per heavy atom. The second kappa shape index (κ2) is 10.1. The number of hydrogen-bond acceptors (Lipinski definition) is 8. The Morgan fingerprint density at radius 3 is 2.59 bits per heavy atom. The lowest BCUT2D eigenvalue weighted by Gasteiger charge is -2.34. The number of nitrogens with two attached hydrogens (primary N) is 1. The second-order valence-electron chi connectivity index (χ2n) is 10.0. The summed E-state index contributed by atoms with van der Waals surface area (Å²) in [5.41, 5.74) is 2.28. The normalized spacial score (nSPS) is 22.6. The number of halogens is 1. The number of anilines is 2. The number of ether oxygens (including phenoxy) is 1. The van der Waals surface area contributed by atoms with E-state index in [2.05, 4.69) is 44.0 Å². The lowest BCUT2D eigenvalue weighted by atomic mass is 10.1. The van der Waals surface area contributed by atoms with Crippen LogP contribution < -0.4 is 21.2 Å². The smallest absolute Gasteiger partial charge is 0.273 e. The maximum Gasteiger partial charge on any atom is 0.273 e. The Labute approximate surface area is 215 Å². The zero-order chi connectivity index (χ0) is 25.4. The molecule has 5 heterocycles. The predicted octanol–water partition coefficient (Wildman–Crippen LogP) is 2.41. The summed E-state index contributed by atoms with van der Waals surface area (Å²) in [6, 6.07) is 12.0. The highest BCUT2D eigenvalue weighted by molar-refractivity contribution is 5.60. The minimum atomic E-state index is -0.542. The molecule has 0 bridgehead atoms. The van der Waals surface area contributed by atoms with E-state index in [4.69, 9.17) is 10.6 Å². The van der Waals surface area contributed by atoms with Gasteiger partial charge >= 0.3 is 0 Å². The van der Waals surface area contributed by atoms with Crippen LogP contribution in [-0.2, 0) is 4.74 Å². The minimum Gasteiger partial charge on any atom is -0.370 e. The van der Waals surface area contributed by atoms with Gasteiger partial charge in [0.15, 0.2) is 5.82 Å². The van der Waals surface area contributed by atoms with Crippen molar-refractivity contribution in [1.82, 2.24) is 19.5 Å². The fourth-order valence-electron chi connectivity index (χ4n) is 5.74. The van der Waals surface area contributed by atoms with Gasteiger partial charge in [-0.05, 0) is 56.1 Å². The van der Waals surface area contributed by atoms with Crippen LogP contribution in [0.4, 0.5) is 16.0 Å². The first kappa shape index (κ1) is 23.9. The van der Waals surface area contributed by atoms with Gasteiger partial charge in [0.25, 0.3) is 5.56 Å². The molecule has 6 rings (SSSR count). The van der Waals surface area contributed by atoms with E-state index in [1.807, 2.05) is 4.90 Å². The number of likely N-dealkylation sites (tertiary alicyclic amines) is 1. The molecule has 0 unspecified atom stereocenters. The molecule has 194 valence electrons. The molecule has 0 spiro atoms. The quantitative estimate of drug-likeness (QED) is 0.529. The molecule has 1 aromatic carbocycles. The first-order valence-electron chi connectivity index (χ1n) is 13.0. The number of aromatic nitrogens is 3. The van der Waals surface area contributed by atoms with Crippen LogP contribution in [0, 0.1) is 5.82 Å². The first-order chi connectivity index (χ1) is 18.1. The van der Waals surface area contributed by atoms with E-state index >= 15 is 0 Å². The Balaban J connectivity index is 1.18. The monoisotopic (exact) mass is 505 g/mol. The summed E-state index contributed by atoms with van der Waals surface area (Å²) in [5, 5.41) is 0. The molecule has 3 fully saturated rings. The van der Waals surface area contributed by atoms with Crippen molar-refractivity contribution in [1.29, 1.82) is 0 Å². The summed E-state index contributed by atoms with van der Waals surface area (Å²) in [6.45, 7) is 6.10.